The van der Waals surface area contributed by atoms with Gasteiger partial charge in [-0.25, -0.2) is 0 Å². The van der Waals surface area contributed by atoms with Crippen molar-refractivity contribution in [1.29, 1.82) is 0 Å². The van der Waals surface area contributed by atoms with Gasteiger partial charge in [-0.1, -0.05) is 0 Å². The van der Waals surface area contributed by atoms with Crippen LogP contribution in [0.4, 0.5) is 0 Å². The molecule has 0 aliphatic carbocycles. The molecule has 0 amide bonds. The van der Waals surface area contributed by atoms with Crippen molar-refractivity contribution < 1.29 is 9.59 Å². The van der Waals surface area contributed by atoms with Gasteiger partial charge < -0.3 is 10.8 Å². The lowest BCUT2D eigenvalue weighted by Gasteiger charge is -1.32. The van der Waals surface area contributed by atoms with Crippen molar-refractivity contribution in [2.45, 2.75) is 0 Å². The molecule has 4 radical (unpaired) electrons. The Labute approximate surface area is 44.6 Å². The number of isocyanates is 2. The molecule has 0 aromatic carbocycles. The number of hydrogen-bond acceptors (Lipinski definition) is 2. The lowest BCUT2D eigenvalue weighted by atomic mass is 11.7. The Hall–Kier alpha value is -1.02. The van der Waals surface area contributed by atoms with Crippen LogP contribution in [-0.4, -0.2) is 23.1 Å². The molecule has 0 saturated heterocycles. The van der Waals surface area contributed by atoms with Crippen molar-refractivity contribution >= 4 is 23.1 Å². The number of rotatable bonds is 0. The van der Waals surface area contributed by atoms with Crippen LogP contribution in [0, 0.1) is 0 Å². The summed E-state index contributed by atoms with van der Waals surface area (Å²) in [7, 11) is 0. The second-order valence-electron chi connectivity index (χ2n) is 0.183. The average Bonchev–Trinajstić information content (AvgIpc) is 1.39. The van der Waals surface area contributed by atoms with Crippen LogP contribution in [0.2, 0.25) is 0 Å². The Morgan fingerprint density at radius 1 is 1.00 bits per heavy atom. The maximum atomic E-state index is 8.24. The van der Waals surface area contributed by atoms with Crippen LogP contribution >= 0.6 is 0 Å². The molecule has 4 nitrogen and oxygen atoms in total. The monoisotopic (exact) mass is 112 g/mol. The van der Waals surface area contributed by atoms with Crippen LogP contribution < -0.4 is 0 Å². The van der Waals surface area contributed by atoms with Gasteiger partial charge >= 0.3 is 0 Å². The Kier molecular flexibility index (Phi) is 197. The molecule has 0 aromatic heterocycles. The van der Waals surface area contributed by atoms with E-state index in [1.807, 2.05) is 0 Å². The van der Waals surface area contributed by atoms with Crippen LogP contribution in [0.1, 0.15) is 0 Å². The van der Waals surface area contributed by atoms with E-state index in [4.69, 9.17) is 20.4 Å². The zero-order valence-corrected chi connectivity index (χ0v) is 4.21. The summed E-state index contributed by atoms with van der Waals surface area (Å²) < 4.78 is 0. The van der Waals surface area contributed by atoms with Gasteiger partial charge in [-0.15, -0.1) is 0 Å². The molecule has 0 fully saturated rings. The van der Waals surface area contributed by atoms with E-state index in [-0.39, 0.29) is 11.0 Å². The van der Waals surface area contributed by atoms with Crippen molar-refractivity contribution in [1.82, 2.24) is 0 Å². The summed E-state index contributed by atoms with van der Waals surface area (Å²) in [6.45, 7) is 0. The Balaban J connectivity index is -0.0000000400. The maximum Gasteiger partial charge on any atom is 0 e. The highest BCUT2D eigenvalue weighted by atomic mass is 28.1. The van der Waals surface area contributed by atoms with E-state index in [1.54, 1.807) is 0 Å². The molecule has 0 saturated carbocycles. The Morgan fingerprint density at radius 3 is 1.00 bits per heavy atom. The molecule has 0 bridgehead atoms. The largest absolute Gasteiger partial charge is 0.724 e. The van der Waals surface area contributed by atoms with Crippen LogP contribution in [0.5, 0.6) is 0 Å². The van der Waals surface area contributed by atoms with Gasteiger partial charge in [-0.2, -0.15) is 0 Å². The molecule has 0 aromatic rings. The highest BCUT2D eigenvalue weighted by Gasteiger charge is 0.793. The first-order valence-electron chi connectivity index (χ1n) is 0.855. The van der Waals surface area contributed by atoms with E-state index in [0.29, 0.717) is 12.2 Å². The molecule has 0 heterocycles. The fraction of sp³-hybridized carbons (Fsp3) is 0. The fourth-order valence-corrected chi connectivity index (χ4v) is 0. The summed E-state index contributed by atoms with van der Waals surface area (Å²) in [5.74, 6) is 0. The third kappa shape index (κ3) is 42.1. The smallest absolute Gasteiger partial charge is 0 e. The standard InChI is InChI=1S/2CNO.Si/c2*2-1-3;/q2*-1;. The minimum absolute atomic E-state index is 0. The van der Waals surface area contributed by atoms with Crippen molar-refractivity contribution in [2.75, 3.05) is 0 Å². The highest BCUT2D eigenvalue weighted by Crippen LogP contribution is 0.952. The summed E-state index contributed by atoms with van der Waals surface area (Å²) >= 11 is 0. The first-order valence-corrected chi connectivity index (χ1v) is 0.855. The van der Waals surface area contributed by atoms with E-state index in [9.17, 15) is 0 Å². The Morgan fingerprint density at radius 2 is 1.00 bits per heavy atom. The van der Waals surface area contributed by atoms with Crippen LogP contribution in [0.15, 0.2) is 0 Å². The van der Waals surface area contributed by atoms with E-state index in [1.165, 1.54) is 0 Å². The van der Waals surface area contributed by atoms with E-state index in [0.717, 1.165) is 0 Å². The quantitative estimate of drug-likeness (QED) is 0.238. The van der Waals surface area contributed by atoms with Gasteiger partial charge in [0.15, 0.2) is 0 Å². The second-order valence-corrected chi connectivity index (χ2v) is 0.183. The van der Waals surface area contributed by atoms with Crippen LogP contribution in [-0.2, 0) is 9.59 Å². The summed E-state index contributed by atoms with van der Waals surface area (Å²) in [5.41, 5.74) is 0. The lowest BCUT2D eigenvalue weighted by molar-refractivity contribution is 0.568. The summed E-state index contributed by atoms with van der Waals surface area (Å²) in [6.07, 6.45) is 1.00. The third-order valence-electron chi connectivity index (χ3n) is 0. The summed E-state index contributed by atoms with van der Waals surface area (Å²) in [5, 5.41) is 13.5. The molecule has 0 N–H and O–H groups in total. The van der Waals surface area contributed by atoms with Gasteiger partial charge in [0, 0.05) is 11.0 Å². The predicted octanol–water partition coefficient (Wildman–Crippen LogP) is -0.598. The highest BCUT2D eigenvalue weighted by molar-refractivity contribution is 5.75. The van der Waals surface area contributed by atoms with Gasteiger partial charge in [-0.3, -0.25) is 9.59 Å². The van der Waals surface area contributed by atoms with Crippen LogP contribution in [0.25, 0.3) is 10.8 Å². The molecule has 0 rings (SSSR count). The van der Waals surface area contributed by atoms with Gasteiger partial charge in [0.1, 0.15) is 0 Å². The maximum absolute atomic E-state index is 8.24. The molecular weight excluding hydrogens is 112 g/mol. The zero-order chi connectivity index (χ0) is 5.41. The zero-order valence-electron chi connectivity index (χ0n) is 3.21. The number of hydrogen-bond donors (Lipinski definition) is 0. The summed E-state index contributed by atoms with van der Waals surface area (Å²) in [6, 6.07) is 0. The average molecular weight is 112 g/mol. The third-order valence-corrected chi connectivity index (χ3v) is 0. The van der Waals surface area contributed by atoms with Gasteiger partial charge in [0.25, 0.3) is 0 Å². The molecule has 0 spiro atoms. The molecule has 0 aliphatic rings. The predicted molar refractivity (Wildman–Crippen MR) is 23.9 cm³/mol. The van der Waals surface area contributed by atoms with E-state index >= 15 is 0 Å². The van der Waals surface area contributed by atoms with Gasteiger partial charge in [-0.05, 0) is 12.2 Å². The molecule has 7 heavy (non-hydrogen) atoms. The lowest BCUT2D eigenvalue weighted by Crippen LogP contribution is -1.13. The molecule has 0 aliphatic heterocycles. The molecule has 0 unspecified atom stereocenters. The molecule has 36 valence electrons. The minimum atomic E-state index is 0. The molecule has 5 heteroatoms. The van der Waals surface area contributed by atoms with E-state index < -0.39 is 0 Å². The summed E-state index contributed by atoms with van der Waals surface area (Å²) in [4.78, 5) is 16.5. The van der Waals surface area contributed by atoms with Crippen molar-refractivity contribution in [3.05, 3.63) is 10.8 Å². The first kappa shape index (κ1) is 16.7. The van der Waals surface area contributed by atoms with Crippen molar-refractivity contribution in [2.24, 2.45) is 0 Å². The number of carbonyl (C=O) groups excluding carboxylic acids is 2. The Bertz CT molecular complexity index is 67.7. The van der Waals surface area contributed by atoms with E-state index in [2.05, 4.69) is 0 Å². The second kappa shape index (κ2) is 82.5. The first-order chi connectivity index (χ1) is 2.83. The van der Waals surface area contributed by atoms with Gasteiger partial charge in [0.05, 0.1) is 0 Å². The van der Waals surface area contributed by atoms with Crippen molar-refractivity contribution in [3.63, 3.8) is 0 Å². The number of nitrogens with zero attached hydrogens (tertiary/aromatic N) is 2. The topological polar surface area (TPSA) is 78.7 Å². The normalized spacial score (nSPS) is 2.29. The molecular formula is C2N2O2Si-2. The van der Waals surface area contributed by atoms with Gasteiger partial charge in [0.2, 0.25) is 0 Å². The van der Waals surface area contributed by atoms with Crippen LogP contribution in [0.3, 0.4) is 0 Å². The minimum Gasteiger partial charge on any atom is -0.724 e. The molecule has 0 atom stereocenters. The SMILES string of the molecule is [N-]=C=O.[N-]=C=O.[Si]. The van der Waals surface area contributed by atoms with Crippen molar-refractivity contribution in [3.8, 4) is 0 Å². The fourth-order valence-electron chi connectivity index (χ4n) is 0.